The molecule has 90 valence electrons. The second-order valence-electron chi connectivity index (χ2n) is 4.48. The largest absolute Gasteiger partial charge is 0.598 e. The molecule has 1 heterocycles. The van der Waals surface area contributed by atoms with E-state index in [1.54, 1.807) is 12.4 Å². The van der Waals surface area contributed by atoms with Crippen molar-refractivity contribution in [2.45, 2.75) is 38.5 Å². The zero-order valence-electron chi connectivity index (χ0n) is 9.82. The smallest absolute Gasteiger partial charge is 0.149 e. The number of aromatic nitrogens is 2. The van der Waals surface area contributed by atoms with E-state index in [9.17, 15) is 4.55 Å². The molecule has 0 spiro atoms. The molecule has 0 aliphatic carbocycles. The highest BCUT2D eigenvalue weighted by atomic mass is 79.9. The van der Waals surface area contributed by atoms with Crippen molar-refractivity contribution in [3.05, 3.63) is 22.7 Å². The number of rotatable bonds is 3. The molecule has 0 fully saturated rings. The van der Waals surface area contributed by atoms with Gasteiger partial charge in [0.25, 0.3) is 0 Å². The Morgan fingerprint density at radius 3 is 2.31 bits per heavy atom. The fraction of sp³-hybridized carbons (Fsp3) is 0.600. The first-order valence-electron chi connectivity index (χ1n) is 4.96. The van der Waals surface area contributed by atoms with E-state index in [1.165, 1.54) is 0 Å². The molecule has 1 rings (SSSR count). The van der Waals surface area contributed by atoms with Gasteiger partial charge in [-0.2, -0.15) is 0 Å². The molecule has 1 aromatic rings. The lowest BCUT2D eigenvalue weighted by molar-refractivity contribution is 0.526. The highest BCUT2D eigenvalue weighted by Gasteiger charge is 2.28. The van der Waals surface area contributed by atoms with E-state index in [2.05, 4.69) is 30.6 Å². The summed E-state index contributed by atoms with van der Waals surface area (Å²) < 4.78 is 15.4. The van der Waals surface area contributed by atoms with Gasteiger partial charge < -0.3 is 4.55 Å². The van der Waals surface area contributed by atoms with Crippen LogP contribution in [0.25, 0.3) is 0 Å². The van der Waals surface area contributed by atoms with E-state index >= 15 is 0 Å². The van der Waals surface area contributed by atoms with Crippen molar-refractivity contribution in [3.8, 4) is 0 Å². The molecule has 4 nitrogen and oxygen atoms in total. The highest BCUT2D eigenvalue weighted by molar-refractivity contribution is 9.10. The number of nitrogens with one attached hydrogen (secondary N) is 1. The van der Waals surface area contributed by atoms with Crippen molar-refractivity contribution < 1.29 is 4.55 Å². The molecule has 1 N–H and O–H groups in total. The molecule has 1 aromatic heterocycles. The van der Waals surface area contributed by atoms with Crippen molar-refractivity contribution in [1.29, 1.82) is 0 Å². The number of hydrogen-bond donors (Lipinski definition) is 1. The molecule has 0 saturated carbocycles. The van der Waals surface area contributed by atoms with Crippen LogP contribution in [0.15, 0.2) is 16.9 Å². The fourth-order valence-corrected chi connectivity index (χ4v) is 1.92. The van der Waals surface area contributed by atoms with Crippen LogP contribution in [-0.2, 0) is 11.4 Å². The van der Waals surface area contributed by atoms with Crippen LogP contribution >= 0.6 is 15.9 Å². The molecule has 16 heavy (non-hydrogen) atoms. The van der Waals surface area contributed by atoms with Crippen LogP contribution in [0.2, 0.25) is 0 Å². The SMILES string of the molecule is CC(N[S+]([O-])C(C)(C)C)c1ncc(Br)cn1. The molecule has 0 aliphatic rings. The van der Waals surface area contributed by atoms with Crippen molar-refractivity contribution >= 4 is 27.3 Å². The van der Waals surface area contributed by atoms with Gasteiger partial charge in [-0.1, -0.05) is 0 Å². The molecule has 0 radical (unpaired) electrons. The average Bonchev–Trinajstić information content (AvgIpc) is 2.17. The molecular weight excluding hydrogens is 290 g/mol. The minimum atomic E-state index is -1.11. The van der Waals surface area contributed by atoms with Crippen LogP contribution in [0.4, 0.5) is 0 Å². The van der Waals surface area contributed by atoms with Gasteiger partial charge in [-0.15, -0.1) is 4.72 Å². The normalized spacial score (nSPS) is 15.9. The van der Waals surface area contributed by atoms with Crippen LogP contribution in [-0.4, -0.2) is 19.3 Å². The van der Waals surface area contributed by atoms with Gasteiger partial charge in [-0.05, 0) is 43.6 Å². The topological polar surface area (TPSA) is 60.9 Å². The summed E-state index contributed by atoms with van der Waals surface area (Å²) in [5.74, 6) is 0.640. The van der Waals surface area contributed by atoms with E-state index in [0.717, 1.165) is 4.47 Å². The summed E-state index contributed by atoms with van der Waals surface area (Å²) in [6.07, 6.45) is 3.36. The lowest BCUT2D eigenvalue weighted by Crippen LogP contribution is -2.40. The van der Waals surface area contributed by atoms with Crippen molar-refractivity contribution in [2.24, 2.45) is 0 Å². The first-order chi connectivity index (χ1) is 7.30. The molecule has 0 bridgehead atoms. The predicted octanol–water partition coefficient (Wildman–Crippen LogP) is 2.35. The van der Waals surface area contributed by atoms with Gasteiger partial charge in [0.05, 0.1) is 4.47 Å². The predicted molar refractivity (Wildman–Crippen MR) is 69.2 cm³/mol. The lowest BCUT2D eigenvalue weighted by atomic mass is 10.3. The van der Waals surface area contributed by atoms with E-state index in [0.29, 0.717) is 5.82 Å². The Hall–Kier alpha value is -0.170. The van der Waals surface area contributed by atoms with Crippen molar-refractivity contribution in [3.63, 3.8) is 0 Å². The first kappa shape index (κ1) is 13.9. The quantitative estimate of drug-likeness (QED) is 0.871. The van der Waals surface area contributed by atoms with Crippen molar-refractivity contribution in [2.75, 3.05) is 0 Å². The first-order valence-corrected chi connectivity index (χ1v) is 6.90. The lowest BCUT2D eigenvalue weighted by Gasteiger charge is -2.25. The van der Waals surface area contributed by atoms with Gasteiger partial charge in [0.2, 0.25) is 0 Å². The molecule has 0 amide bonds. The number of nitrogens with zero attached hydrogens (tertiary/aromatic N) is 2. The highest BCUT2D eigenvalue weighted by Crippen LogP contribution is 2.18. The van der Waals surface area contributed by atoms with Gasteiger partial charge in [-0.3, -0.25) is 0 Å². The standard InChI is InChI=1S/C10H16BrN3OS/c1-7(14-16(15)10(2,3)4)9-12-5-8(11)6-13-9/h5-7,14H,1-4H3. The molecule has 0 aliphatic heterocycles. The maximum absolute atomic E-state index is 11.9. The molecule has 0 aromatic carbocycles. The van der Waals surface area contributed by atoms with E-state index in [1.807, 2.05) is 27.7 Å². The third-order valence-corrected chi connectivity index (χ3v) is 3.96. The summed E-state index contributed by atoms with van der Waals surface area (Å²) in [4.78, 5) is 8.32. The van der Waals surface area contributed by atoms with Crippen LogP contribution < -0.4 is 4.72 Å². The van der Waals surface area contributed by atoms with E-state index < -0.39 is 11.4 Å². The minimum absolute atomic E-state index is 0.131. The van der Waals surface area contributed by atoms with Crippen LogP contribution in [0.5, 0.6) is 0 Å². The van der Waals surface area contributed by atoms with E-state index in [-0.39, 0.29) is 10.8 Å². The number of hydrogen-bond acceptors (Lipinski definition) is 4. The summed E-state index contributed by atoms with van der Waals surface area (Å²) >= 11 is 2.16. The Morgan fingerprint density at radius 2 is 1.88 bits per heavy atom. The zero-order chi connectivity index (χ0) is 12.3. The maximum Gasteiger partial charge on any atom is 0.149 e. The zero-order valence-corrected chi connectivity index (χ0v) is 12.2. The van der Waals surface area contributed by atoms with Gasteiger partial charge >= 0.3 is 0 Å². The molecule has 6 heteroatoms. The summed E-state index contributed by atoms with van der Waals surface area (Å²) in [5.41, 5.74) is 0. The van der Waals surface area contributed by atoms with Crippen molar-refractivity contribution in [1.82, 2.24) is 14.7 Å². The Morgan fingerprint density at radius 1 is 1.38 bits per heavy atom. The van der Waals surface area contributed by atoms with Crippen LogP contribution in [0.1, 0.15) is 39.6 Å². The van der Waals surface area contributed by atoms with Crippen LogP contribution in [0.3, 0.4) is 0 Å². The summed E-state index contributed by atoms with van der Waals surface area (Å²) in [6.45, 7) is 7.66. The monoisotopic (exact) mass is 305 g/mol. The van der Waals surface area contributed by atoms with Crippen LogP contribution in [0, 0.1) is 0 Å². The Balaban J connectivity index is 2.65. The minimum Gasteiger partial charge on any atom is -0.598 e. The number of halogens is 1. The molecular formula is C10H16BrN3OS. The summed E-state index contributed by atoms with van der Waals surface area (Å²) in [5, 5.41) is 0. The molecule has 2 unspecified atom stereocenters. The van der Waals surface area contributed by atoms with Gasteiger partial charge in [0, 0.05) is 23.8 Å². The third-order valence-electron chi connectivity index (χ3n) is 1.87. The third kappa shape index (κ3) is 4.01. The van der Waals surface area contributed by atoms with Gasteiger partial charge in [-0.25, -0.2) is 9.97 Å². The molecule has 0 saturated heterocycles. The van der Waals surface area contributed by atoms with Gasteiger partial charge in [0.15, 0.2) is 0 Å². The Labute approximate surface area is 108 Å². The Kier molecular flexibility index (Phi) is 4.73. The summed E-state index contributed by atoms with van der Waals surface area (Å²) in [6, 6.07) is -0.131. The Bertz CT molecular complexity index is 339. The summed E-state index contributed by atoms with van der Waals surface area (Å²) in [7, 11) is 0. The second kappa shape index (κ2) is 5.44. The fourth-order valence-electron chi connectivity index (χ4n) is 0.936. The maximum atomic E-state index is 11.9. The van der Waals surface area contributed by atoms with Gasteiger partial charge in [0.1, 0.15) is 16.6 Å². The van der Waals surface area contributed by atoms with E-state index in [4.69, 9.17) is 0 Å². The molecule has 2 atom stereocenters. The second-order valence-corrected chi connectivity index (χ2v) is 7.39. The average molecular weight is 306 g/mol.